The van der Waals surface area contributed by atoms with E-state index in [1.54, 1.807) is 17.4 Å². The predicted octanol–water partition coefficient (Wildman–Crippen LogP) is 3.21. The van der Waals surface area contributed by atoms with Crippen molar-refractivity contribution in [3.8, 4) is 11.5 Å². The molecule has 4 heteroatoms. The molecule has 1 aromatic carbocycles. The van der Waals surface area contributed by atoms with Gasteiger partial charge in [0, 0.05) is 15.6 Å². The summed E-state index contributed by atoms with van der Waals surface area (Å²) in [6, 6.07) is 3.50. The van der Waals surface area contributed by atoms with Crippen LogP contribution >= 0.6 is 27.3 Å². The summed E-state index contributed by atoms with van der Waals surface area (Å²) >= 11 is 4.84. The molecule has 2 rings (SSSR count). The summed E-state index contributed by atoms with van der Waals surface area (Å²) in [6.45, 7) is 0. The number of hydrogen-bond acceptors (Lipinski definition) is 3. The van der Waals surface area contributed by atoms with Crippen LogP contribution in [-0.2, 0) is 5.33 Å². The molecule has 0 aliphatic rings. The Hall–Kier alpha value is -0.740. The zero-order valence-corrected chi connectivity index (χ0v) is 9.02. The van der Waals surface area contributed by atoms with E-state index in [-0.39, 0.29) is 11.5 Å². The minimum Gasteiger partial charge on any atom is -0.504 e. The first-order chi connectivity index (χ1) is 6.24. The second-order valence-electron chi connectivity index (χ2n) is 2.70. The Bertz CT molecular complexity index is 450. The third kappa shape index (κ3) is 1.30. The number of aromatic hydroxyl groups is 2. The van der Waals surface area contributed by atoms with Crippen molar-refractivity contribution in [1.82, 2.24) is 0 Å². The molecule has 0 spiro atoms. The highest BCUT2D eigenvalue weighted by atomic mass is 79.9. The zero-order valence-electron chi connectivity index (χ0n) is 6.62. The van der Waals surface area contributed by atoms with Crippen molar-refractivity contribution >= 4 is 37.4 Å². The molecule has 2 aromatic rings. The van der Waals surface area contributed by atoms with Crippen LogP contribution in [0.15, 0.2) is 17.5 Å². The first-order valence-corrected chi connectivity index (χ1v) is 5.71. The zero-order chi connectivity index (χ0) is 9.42. The molecule has 0 fully saturated rings. The molecule has 13 heavy (non-hydrogen) atoms. The summed E-state index contributed by atoms with van der Waals surface area (Å²) in [5, 5.41) is 22.4. The molecule has 1 heterocycles. The van der Waals surface area contributed by atoms with Crippen molar-refractivity contribution in [3.63, 3.8) is 0 Å². The van der Waals surface area contributed by atoms with Crippen LogP contribution in [0.2, 0.25) is 0 Å². The van der Waals surface area contributed by atoms with E-state index in [0.717, 1.165) is 15.6 Å². The molecule has 0 radical (unpaired) electrons. The Morgan fingerprint density at radius 1 is 1.38 bits per heavy atom. The fourth-order valence-electron chi connectivity index (χ4n) is 1.28. The number of alkyl halides is 1. The number of hydrogen-bond donors (Lipinski definition) is 2. The largest absolute Gasteiger partial charge is 0.504 e. The molecule has 0 unspecified atom stereocenters. The Labute approximate surface area is 87.6 Å². The van der Waals surface area contributed by atoms with Crippen molar-refractivity contribution in [1.29, 1.82) is 0 Å². The van der Waals surface area contributed by atoms with E-state index < -0.39 is 0 Å². The lowest BCUT2D eigenvalue weighted by molar-refractivity contribution is 0.402. The maximum Gasteiger partial charge on any atom is 0.163 e. The first-order valence-electron chi connectivity index (χ1n) is 3.71. The van der Waals surface area contributed by atoms with E-state index in [1.165, 1.54) is 0 Å². The highest BCUT2D eigenvalue weighted by molar-refractivity contribution is 9.08. The van der Waals surface area contributed by atoms with E-state index in [2.05, 4.69) is 15.9 Å². The quantitative estimate of drug-likeness (QED) is 0.609. The number of rotatable bonds is 1. The molecule has 0 aliphatic carbocycles. The molecular weight excluding hydrogens is 252 g/mol. The Balaban J connectivity index is 2.87. The van der Waals surface area contributed by atoms with Gasteiger partial charge in [-0.15, -0.1) is 11.3 Å². The maximum absolute atomic E-state index is 9.54. The van der Waals surface area contributed by atoms with Crippen LogP contribution in [0, 0.1) is 0 Å². The van der Waals surface area contributed by atoms with Crippen LogP contribution in [-0.4, -0.2) is 10.2 Å². The number of phenols is 2. The highest BCUT2D eigenvalue weighted by Gasteiger charge is 2.11. The van der Waals surface area contributed by atoms with E-state index in [4.69, 9.17) is 0 Å². The van der Waals surface area contributed by atoms with Gasteiger partial charge in [-0.05, 0) is 22.9 Å². The normalized spacial score (nSPS) is 10.8. The van der Waals surface area contributed by atoms with Gasteiger partial charge in [-0.2, -0.15) is 0 Å². The molecule has 2 nitrogen and oxygen atoms in total. The molecule has 1 aromatic heterocycles. The molecule has 2 N–H and O–H groups in total. The lowest BCUT2D eigenvalue weighted by Crippen LogP contribution is -1.80. The topological polar surface area (TPSA) is 40.5 Å². The second-order valence-corrected chi connectivity index (χ2v) is 4.17. The minimum absolute atomic E-state index is 0.0215. The molecule has 0 aliphatic heterocycles. The number of thiophene rings is 1. The first kappa shape index (κ1) is 8.84. The summed E-state index contributed by atoms with van der Waals surface area (Å²) in [7, 11) is 0. The van der Waals surface area contributed by atoms with Gasteiger partial charge in [-0.25, -0.2) is 0 Å². The van der Waals surface area contributed by atoms with Gasteiger partial charge in [-0.3, -0.25) is 0 Å². The van der Waals surface area contributed by atoms with Crippen LogP contribution < -0.4 is 0 Å². The monoisotopic (exact) mass is 258 g/mol. The van der Waals surface area contributed by atoms with Crippen LogP contribution in [0.5, 0.6) is 11.5 Å². The lowest BCUT2D eigenvalue weighted by Gasteiger charge is -2.04. The third-order valence-corrected chi connectivity index (χ3v) is 3.47. The van der Waals surface area contributed by atoms with Gasteiger partial charge in [0.2, 0.25) is 0 Å². The Morgan fingerprint density at radius 2 is 2.15 bits per heavy atom. The van der Waals surface area contributed by atoms with Crippen LogP contribution in [0.25, 0.3) is 10.1 Å². The summed E-state index contributed by atoms with van der Waals surface area (Å²) in [5.74, 6) is -0.0767. The van der Waals surface area contributed by atoms with Gasteiger partial charge in [0.15, 0.2) is 11.5 Å². The predicted molar refractivity (Wildman–Crippen MR) is 57.8 cm³/mol. The molecule has 68 valence electrons. The van der Waals surface area contributed by atoms with Gasteiger partial charge in [0.05, 0.1) is 0 Å². The second kappa shape index (κ2) is 3.20. The van der Waals surface area contributed by atoms with Gasteiger partial charge >= 0.3 is 0 Å². The van der Waals surface area contributed by atoms with Crippen LogP contribution in [0.3, 0.4) is 0 Å². The standard InChI is InChI=1S/C9H7BrO2S/c10-4-6-8(12)7(11)3-5-1-2-13-9(5)6/h1-3,11-12H,4H2. The van der Waals surface area contributed by atoms with Crippen molar-refractivity contribution in [2.45, 2.75) is 5.33 Å². The van der Waals surface area contributed by atoms with Crippen LogP contribution in [0.4, 0.5) is 0 Å². The molecule has 0 bridgehead atoms. The lowest BCUT2D eigenvalue weighted by atomic mass is 10.1. The average Bonchev–Trinajstić information content (AvgIpc) is 2.54. The average molecular weight is 259 g/mol. The van der Waals surface area contributed by atoms with E-state index in [0.29, 0.717) is 5.33 Å². The maximum atomic E-state index is 9.54. The van der Waals surface area contributed by atoms with E-state index in [9.17, 15) is 10.2 Å². The molecular formula is C9H7BrO2S. The highest BCUT2D eigenvalue weighted by Crippen LogP contribution is 2.39. The van der Waals surface area contributed by atoms with Crippen molar-refractivity contribution in [3.05, 3.63) is 23.1 Å². The summed E-state index contributed by atoms with van der Waals surface area (Å²) in [4.78, 5) is 0. The molecule has 0 amide bonds. The minimum atomic E-state index is -0.0552. The van der Waals surface area contributed by atoms with Crippen molar-refractivity contribution in [2.75, 3.05) is 0 Å². The third-order valence-electron chi connectivity index (χ3n) is 1.92. The van der Waals surface area contributed by atoms with Gasteiger partial charge in [0.1, 0.15) is 0 Å². The van der Waals surface area contributed by atoms with Crippen molar-refractivity contribution < 1.29 is 10.2 Å². The SMILES string of the molecule is Oc1cc2ccsc2c(CBr)c1O. The molecule has 0 atom stereocenters. The number of halogens is 1. The summed E-state index contributed by atoms with van der Waals surface area (Å²) in [5.41, 5.74) is 0.755. The van der Waals surface area contributed by atoms with Crippen molar-refractivity contribution in [2.24, 2.45) is 0 Å². The van der Waals surface area contributed by atoms with E-state index >= 15 is 0 Å². The van der Waals surface area contributed by atoms with Gasteiger partial charge in [0.25, 0.3) is 0 Å². The fourth-order valence-corrected chi connectivity index (χ4v) is 2.94. The number of phenolic OH excluding ortho intramolecular Hbond substituents is 2. The fraction of sp³-hybridized carbons (Fsp3) is 0.111. The summed E-state index contributed by atoms with van der Waals surface area (Å²) in [6.07, 6.45) is 0. The number of benzene rings is 1. The summed E-state index contributed by atoms with van der Waals surface area (Å²) < 4.78 is 1.02. The van der Waals surface area contributed by atoms with Gasteiger partial charge < -0.3 is 10.2 Å². The Morgan fingerprint density at radius 3 is 2.85 bits per heavy atom. The van der Waals surface area contributed by atoms with Crippen LogP contribution in [0.1, 0.15) is 5.56 Å². The smallest absolute Gasteiger partial charge is 0.163 e. The number of fused-ring (bicyclic) bond motifs is 1. The molecule has 0 saturated carbocycles. The van der Waals surface area contributed by atoms with Gasteiger partial charge in [-0.1, -0.05) is 15.9 Å². The Kier molecular flexibility index (Phi) is 2.17. The molecule has 0 saturated heterocycles. The van der Waals surface area contributed by atoms with E-state index in [1.807, 2.05) is 11.4 Å².